The summed E-state index contributed by atoms with van der Waals surface area (Å²) in [6.45, 7) is 4.17. The first-order valence-corrected chi connectivity index (χ1v) is 12.6. The van der Waals surface area contributed by atoms with Crippen molar-refractivity contribution in [2.75, 3.05) is 23.1 Å². The molecular formula is C28H30N2O3S. The number of methoxy groups -OCH3 is 1. The lowest BCUT2D eigenvalue weighted by Crippen LogP contribution is -2.29. The van der Waals surface area contributed by atoms with Gasteiger partial charge in [-0.25, -0.2) is 0 Å². The third kappa shape index (κ3) is 5.12. The van der Waals surface area contributed by atoms with Gasteiger partial charge in [0.15, 0.2) is 0 Å². The number of unbranched alkanes of at least 4 members (excludes halogenated alkanes) is 1. The van der Waals surface area contributed by atoms with E-state index in [0.717, 1.165) is 36.1 Å². The first-order valence-electron chi connectivity index (χ1n) is 11.6. The van der Waals surface area contributed by atoms with E-state index in [0.29, 0.717) is 22.8 Å². The van der Waals surface area contributed by atoms with Gasteiger partial charge < -0.3 is 10.1 Å². The number of benzene rings is 3. The molecule has 4 rings (SSSR count). The van der Waals surface area contributed by atoms with Crippen LogP contribution in [-0.4, -0.2) is 24.7 Å². The van der Waals surface area contributed by atoms with Crippen molar-refractivity contribution in [1.82, 2.24) is 0 Å². The normalized spacial score (nSPS) is 15.4. The van der Waals surface area contributed by atoms with Crippen LogP contribution in [0.15, 0.2) is 66.7 Å². The molecule has 0 unspecified atom stereocenters. The van der Waals surface area contributed by atoms with E-state index in [1.165, 1.54) is 5.56 Å². The number of nitrogens with one attached hydrogen (secondary N) is 1. The standard InChI is InChI=1S/C28H30N2O3S/c1-4-5-8-20-12-14-21(15-13-20)27(32)29-23-10-7-6-9-22(23)28-30(26(31)18-34-28)24-17-19(2)11-16-25(24)33-3/h6-7,9-17,28H,4-5,8,18H2,1-3H3,(H,29,32)/t28-/m1/s1. The third-order valence-corrected chi connectivity index (χ3v) is 7.17. The van der Waals surface area contributed by atoms with Gasteiger partial charge in [-0.15, -0.1) is 11.8 Å². The van der Waals surface area contributed by atoms with Crippen molar-refractivity contribution in [3.63, 3.8) is 0 Å². The Hall–Kier alpha value is -3.25. The lowest BCUT2D eigenvalue weighted by molar-refractivity contribution is -0.115. The summed E-state index contributed by atoms with van der Waals surface area (Å²) in [4.78, 5) is 27.8. The summed E-state index contributed by atoms with van der Waals surface area (Å²) in [6.07, 6.45) is 3.30. The molecule has 1 fully saturated rings. The van der Waals surface area contributed by atoms with Gasteiger partial charge in [0.2, 0.25) is 5.91 Å². The molecule has 0 saturated carbocycles. The van der Waals surface area contributed by atoms with Crippen molar-refractivity contribution < 1.29 is 14.3 Å². The summed E-state index contributed by atoms with van der Waals surface area (Å²) in [7, 11) is 1.61. The third-order valence-electron chi connectivity index (χ3n) is 5.97. The molecule has 3 aromatic rings. The lowest BCUT2D eigenvalue weighted by Gasteiger charge is -2.27. The molecule has 3 aromatic carbocycles. The summed E-state index contributed by atoms with van der Waals surface area (Å²) >= 11 is 1.55. The maximum Gasteiger partial charge on any atom is 0.255 e. The van der Waals surface area contributed by atoms with E-state index in [1.54, 1.807) is 23.8 Å². The van der Waals surface area contributed by atoms with E-state index >= 15 is 0 Å². The minimum atomic E-state index is -0.267. The van der Waals surface area contributed by atoms with Crippen LogP contribution in [0.25, 0.3) is 0 Å². The first-order chi connectivity index (χ1) is 16.5. The number of nitrogens with zero attached hydrogens (tertiary/aromatic N) is 1. The van der Waals surface area contributed by atoms with Crippen molar-refractivity contribution in [1.29, 1.82) is 0 Å². The Labute approximate surface area is 205 Å². The zero-order chi connectivity index (χ0) is 24.1. The smallest absolute Gasteiger partial charge is 0.255 e. The minimum absolute atomic E-state index is 0.0164. The second kappa shape index (κ2) is 10.8. The monoisotopic (exact) mass is 474 g/mol. The van der Waals surface area contributed by atoms with Crippen LogP contribution in [0.5, 0.6) is 5.75 Å². The lowest BCUT2D eigenvalue weighted by atomic mass is 10.1. The Morgan fingerprint density at radius 3 is 2.62 bits per heavy atom. The highest BCUT2D eigenvalue weighted by atomic mass is 32.2. The number of hydrogen-bond acceptors (Lipinski definition) is 4. The fourth-order valence-corrected chi connectivity index (χ4v) is 5.33. The fraction of sp³-hybridized carbons (Fsp3) is 0.286. The number of carbonyl (C=O) groups excluding carboxylic acids is 2. The van der Waals surface area contributed by atoms with E-state index in [9.17, 15) is 9.59 Å². The van der Waals surface area contributed by atoms with Crippen molar-refractivity contribution in [3.05, 3.63) is 89.0 Å². The number of rotatable bonds is 8. The number of amides is 2. The van der Waals surface area contributed by atoms with Crippen LogP contribution in [-0.2, 0) is 11.2 Å². The van der Waals surface area contributed by atoms with Crippen LogP contribution in [0, 0.1) is 6.92 Å². The molecule has 5 nitrogen and oxygen atoms in total. The molecule has 1 atom stereocenters. The van der Waals surface area contributed by atoms with E-state index in [2.05, 4.69) is 12.2 Å². The van der Waals surface area contributed by atoms with Gasteiger partial charge in [0.05, 0.1) is 18.6 Å². The molecule has 1 saturated heterocycles. The summed E-state index contributed by atoms with van der Waals surface area (Å²) in [5.41, 5.74) is 5.22. The van der Waals surface area contributed by atoms with Crippen molar-refractivity contribution in [3.8, 4) is 5.75 Å². The van der Waals surface area contributed by atoms with Gasteiger partial charge in [-0.2, -0.15) is 0 Å². The summed E-state index contributed by atoms with van der Waals surface area (Å²) < 4.78 is 5.56. The Morgan fingerprint density at radius 2 is 1.88 bits per heavy atom. The van der Waals surface area contributed by atoms with Crippen LogP contribution >= 0.6 is 11.8 Å². The van der Waals surface area contributed by atoms with Crippen LogP contribution in [0.4, 0.5) is 11.4 Å². The van der Waals surface area contributed by atoms with E-state index in [4.69, 9.17) is 4.74 Å². The Kier molecular flexibility index (Phi) is 7.58. The first kappa shape index (κ1) is 23.9. The predicted octanol–water partition coefficient (Wildman–Crippen LogP) is 6.38. The highest BCUT2D eigenvalue weighted by molar-refractivity contribution is 8.00. The Bertz CT molecular complexity index is 1180. The molecule has 0 aromatic heterocycles. The van der Waals surface area contributed by atoms with Gasteiger partial charge in [-0.1, -0.05) is 49.7 Å². The zero-order valence-corrected chi connectivity index (χ0v) is 20.7. The summed E-state index contributed by atoms with van der Waals surface area (Å²) in [5.74, 6) is 0.867. The number of aryl methyl sites for hydroxylation is 2. The van der Waals surface area contributed by atoms with Gasteiger partial charge in [0.25, 0.3) is 5.91 Å². The van der Waals surface area contributed by atoms with E-state index in [1.807, 2.05) is 73.7 Å². The van der Waals surface area contributed by atoms with Crippen LogP contribution in [0.2, 0.25) is 0 Å². The molecule has 1 aliphatic heterocycles. The number of carbonyl (C=O) groups is 2. The van der Waals surface area contributed by atoms with Gasteiger partial charge in [0, 0.05) is 16.8 Å². The van der Waals surface area contributed by atoms with Crippen LogP contribution in [0.3, 0.4) is 0 Å². The number of ether oxygens (including phenoxy) is 1. The molecule has 0 bridgehead atoms. The SMILES string of the molecule is CCCCc1ccc(C(=O)Nc2ccccc2[C@H]2SCC(=O)N2c2cc(C)ccc2OC)cc1. The molecule has 1 N–H and O–H groups in total. The van der Waals surface area contributed by atoms with Crippen molar-refractivity contribution in [2.45, 2.75) is 38.5 Å². The highest BCUT2D eigenvalue weighted by Crippen LogP contribution is 2.46. The zero-order valence-electron chi connectivity index (χ0n) is 19.8. The van der Waals surface area contributed by atoms with Crippen LogP contribution < -0.4 is 15.0 Å². The Morgan fingerprint density at radius 1 is 1.12 bits per heavy atom. The molecule has 176 valence electrons. The van der Waals surface area contributed by atoms with Gasteiger partial charge in [-0.05, 0) is 61.2 Å². The largest absolute Gasteiger partial charge is 0.495 e. The molecule has 0 radical (unpaired) electrons. The molecule has 1 heterocycles. The van der Waals surface area contributed by atoms with Crippen LogP contribution in [0.1, 0.15) is 52.2 Å². The maximum atomic E-state index is 13.0. The van der Waals surface area contributed by atoms with Gasteiger partial charge in [0.1, 0.15) is 11.1 Å². The maximum absolute atomic E-state index is 13.0. The molecule has 1 aliphatic rings. The molecule has 0 spiro atoms. The van der Waals surface area contributed by atoms with Gasteiger partial charge >= 0.3 is 0 Å². The summed E-state index contributed by atoms with van der Waals surface area (Å²) in [5, 5.41) is 2.80. The second-order valence-electron chi connectivity index (χ2n) is 8.44. The van der Waals surface area contributed by atoms with Gasteiger partial charge in [-0.3, -0.25) is 14.5 Å². The van der Waals surface area contributed by atoms with E-state index in [-0.39, 0.29) is 17.2 Å². The molecule has 34 heavy (non-hydrogen) atoms. The fourth-order valence-electron chi connectivity index (χ4n) is 4.13. The van der Waals surface area contributed by atoms with Crippen molar-refractivity contribution in [2.24, 2.45) is 0 Å². The highest BCUT2D eigenvalue weighted by Gasteiger charge is 2.37. The molecular weight excluding hydrogens is 444 g/mol. The molecule has 2 amide bonds. The quantitative estimate of drug-likeness (QED) is 0.412. The number of hydrogen-bond donors (Lipinski definition) is 1. The van der Waals surface area contributed by atoms with E-state index < -0.39 is 0 Å². The number of thioether (sulfide) groups is 1. The predicted molar refractivity (Wildman–Crippen MR) is 140 cm³/mol. The minimum Gasteiger partial charge on any atom is -0.495 e. The van der Waals surface area contributed by atoms with Crippen molar-refractivity contribution >= 4 is 35.0 Å². The number of para-hydroxylation sites is 1. The number of anilines is 2. The Balaban J connectivity index is 1.61. The second-order valence-corrected chi connectivity index (χ2v) is 9.51. The topological polar surface area (TPSA) is 58.6 Å². The summed E-state index contributed by atoms with van der Waals surface area (Å²) in [6, 6.07) is 21.3. The average molecular weight is 475 g/mol. The average Bonchev–Trinajstić information content (AvgIpc) is 3.24. The molecule has 0 aliphatic carbocycles. The molecule has 6 heteroatoms.